The maximum absolute atomic E-state index is 6.06. The van der Waals surface area contributed by atoms with Crippen LogP contribution in [0.15, 0.2) is 28.8 Å². The average Bonchev–Trinajstić information content (AvgIpc) is 3.07. The molecule has 1 aliphatic carbocycles. The van der Waals surface area contributed by atoms with E-state index in [1.807, 2.05) is 24.3 Å². The van der Waals surface area contributed by atoms with Crippen LogP contribution in [0.1, 0.15) is 31.1 Å². The molecular formula is C14H17N3O2. The van der Waals surface area contributed by atoms with E-state index >= 15 is 0 Å². The van der Waals surface area contributed by atoms with Gasteiger partial charge in [-0.15, -0.1) is 0 Å². The molecule has 0 saturated heterocycles. The van der Waals surface area contributed by atoms with Gasteiger partial charge in [0.2, 0.25) is 11.7 Å². The summed E-state index contributed by atoms with van der Waals surface area (Å²) in [5.41, 5.74) is 6.90. The van der Waals surface area contributed by atoms with Crippen LogP contribution in [0.2, 0.25) is 0 Å². The highest BCUT2D eigenvalue weighted by molar-refractivity contribution is 5.63. The normalized spacial score (nSPS) is 22.6. The van der Waals surface area contributed by atoms with Crippen molar-refractivity contribution in [1.82, 2.24) is 10.1 Å². The molecule has 19 heavy (non-hydrogen) atoms. The smallest absolute Gasteiger partial charge is 0.231 e. The second-order valence-electron chi connectivity index (χ2n) is 4.86. The third-order valence-electron chi connectivity index (χ3n) is 3.68. The van der Waals surface area contributed by atoms with E-state index in [4.69, 9.17) is 15.0 Å². The number of aromatic nitrogens is 2. The van der Waals surface area contributed by atoms with Crippen LogP contribution in [0.5, 0.6) is 5.75 Å². The first-order valence-electron chi connectivity index (χ1n) is 6.52. The second kappa shape index (κ2) is 5.01. The van der Waals surface area contributed by atoms with Crippen LogP contribution in [0.4, 0.5) is 0 Å². The van der Waals surface area contributed by atoms with Crippen molar-refractivity contribution in [3.8, 4) is 17.1 Å². The van der Waals surface area contributed by atoms with Crippen molar-refractivity contribution >= 4 is 0 Å². The van der Waals surface area contributed by atoms with Crippen LogP contribution in [0, 0.1) is 0 Å². The number of rotatable bonds is 3. The number of methoxy groups -OCH3 is 1. The summed E-state index contributed by atoms with van der Waals surface area (Å²) in [6, 6.07) is 7.77. The number of hydrogen-bond acceptors (Lipinski definition) is 5. The van der Waals surface area contributed by atoms with Gasteiger partial charge in [-0.05, 0) is 25.0 Å². The molecule has 1 aliphatic rings. The number of para-hydroxylation sites is 1. The lowest BCUT2D eigenvalue weighted by molar-refractivity contribution is 0.345. The zero-order valence-electron chi connectivity index (χ0n) is 10.9. The average molecular weight is 259 g/mol. The number of hydrogen-bond donors (Lipinski definition) is 1. The monoisotopic (exact) mass is 259 g/mol. The molecule has 0 amide bonds. The van der Waals surface area contributed by atoms with Crippen LogP contribution >= 0.6 is 0 Å². The van der Waals surface area contributed by atoms with E-state index in [-0.39, 0.29) is 12.0 Å². The standard InChI is InChI=1S/C14H17N3O2/c1-18-12-8-3-2-5-10(12)13-16-14(19-17-13)9-6-4-7-11(9)15/h2-3,5,8-9,11H,4,6-7,15H2,1H3. The first-order valence-corrected chi connectivity index (χ1v) is 6.52. The molecule has 0 aliphatic heterocycles. The predicted octanol–water partition coefficient (Wildman–Crippen LogP) is 2.34. The van der Waals surface area contributed by atoms with E-state index in [0.717, 1.165) is 30.6 Å². The summed E-state index contributed by atoms with van der Waals surface area (Å²) in [5, 5.41) is 4.05. The van der Waals surface area contributed by atoms with Gasteiger partial charge in [0.1, 0.15) is 5.75 Å². The van der Waals surface area contributed by atoms with Gasteiger partial charge in [0.15, 0.2) is 0 Å². The van der Waals surface area contributed by atoms with Gasteiger partial charge in [-0.3, -0.25) is 0 Å². The van der Waals surface area contributed by atoms with Gasteiger partial charge in [-0.1, -0.05) is 23.7 Å². The fourth-order valence-corrected chi connectivity index (χ4v) is 2.62. The SMILES string of the molecule is COc1ccccc1-c1noc(C2CCCC2N)n1. The molecule has 2 atom stereocenters. The van der Waals surface area contributed by atoms with E-state index < -0.39 is 0 Å². The van der Waals surface area contributed by atoms with Crippen molar-refractivity contribution in [2.45, 2.75) is 31.2 Å². The fraction of sp³-hybridized carbons (Fsp3) is 0.429. The number of nitrogens with two attached hydrogens (primary N) is 1. The lowest BCUT2D eigenvalue weighted by atomic mass is 10.1. The van der Waals surface area contributed by atoms with E-state index in [1.54, 1.807) is 7.11 Å². The molecule has 1 fully saturated rings. The zero-order valence-corrected chi connectivity index (χ0v) is 10.9. The fourth-order valence-electron chi connectivity index (χ4n) is 2.62. The summed E-state index contributed by atoms with van der Waals surface area (Å²) in [7, 11) is 1.63. The highest BCUT2D eigenvalue weighted by Crippen LogP contribution is 2.34. The zero-order chi connectivity index (χ0) is 13.2. The number of ether oxygens (including phenoxy) is 1. The topological polar surface area (TPSA) is 74.2 Å². The highest BCUT2D eigenvalue weighted by atomic mass is 16.5. The molecule has 0 radical (unpaired) electrons. The first kappa shape index (κ1) is 12.2. The van der Waals surface area contributed by atoms with E-state index in [0.29, 0.717) is 11.7 Å². The Balaban J connectivity index is 1.92. The molecule has 2 N–H and O–H groups in total. The van der Waals surface area contributed by atoms with Crippen LogP contribution < -0.4 is 10.5 Å². The summed E-state index contributed by atoms with van der Waals surface area (Å²) >= 11 is 0. The minimum absolute atomic E-state index is 0.131. The van der Waals surface area contributed by atoms with E-state index in [2.05, 4.69) is 10.1 Å². The highest BCUT2D eigenvalue weighted by Gasteiger charge is 2.30. The molecule has 1 saturated carbocycles. The van der Waals surface area contributed by atoms with Gasteiger partial charge in [0.05, 0.1) is 18.6 Å². The second-order valence-corrected chi connectivity index (χ2v) is 4.86. The minimum atomic E-state index is 0.131. The van der Waals surface area contributed by atoms with Gasteiger partial charge in [-0.25, -0.2) is 0 Å². The van der Waals surface area contributed by atoms with Gasteiger partial charge >= 0.3 is 0 Å². The lowest BCUT2D eigenvalue weighted by Gasteiger charge is -2.08. The number of benzene rings is 1. The largest absolute Gasteiger partial charge is 0.496 e. The molecule has 1 heterocycles. The van der Waals surface area contributed by atoms with Crippen molar-refractivity contribution < 1.29 is 9.26 Å². The number of nitrogens with zero attached hydrogens (tertiary/aromatic N) is 2. The molecule has 2 aromatic rings. The Morgan fingerprint density at radius 2 is 2.16 bits per heavy atom. The Bertz CT molecular complexity index is 567. The van der Waals surface area contributed by atoms with Crippen molar-refractivity contribution in [1.29, 1.82) is 0 Å². The molecule has 1 aromatic carbocycles. The third kappa shape index (κ3) is 2.21. The van der Waals surface area contributed by atoms with Crippen molar-refractivity contribution in [3.63, 3.8) is 0 Å². The van der Waals surface area contributed by atoms with Crippen molar-refractivity contribution in [2.24, 2.45) is 5.73 Å². The van der Waals surface area contributed by atoms with Gasteiger partial charge < -0.3 is 15.0 Å². The Kier molecular flexibility index (Phi) is 3.21. The predicted molar refractivity (Wildman–Crippen MR) is 70.9 cm³/mol. The quantitative estimate of drug-likeness (QED) is 0.915. The summed E-state index contributed by atoms with van der Waals surface area (Å²) < 4.78 is 10.7. The molecule has 3 rings (SSSR count). The molecule has 5 nitrogen and oxygen atoms in total. The molecule has 0 spiro atoms. The maximum Gasteiger partial charge on any atom is 0.231 e. The van der Waals surface area contributed by atoms with Gasteiger partial charge in [-0.2, -0.15) is 4.98 Å². The first-order chi connectivity index (χ1) is 9.29. The summed E-state index contributed by atoms with van der Waals surface area (Å²) in [4.78, 5) is 4.48. The third-order valence-corrected chi connectivity index (χ3v) is 3.68. The Hall–Kier alpha value is -1.88. The summed E-state index contributed by atoms with van der Waals surface area (Å²) in [6.07, 6.45) is 3.17. The molecule has 1 aromatic heterocycles. The van der Waals surface area contributed by atoms with Crippen molar-refractivity contribution in [2.75, 3.05) is 7.11 Å². The molecular weight excluding hydrogens is 242 g/mol. The van der Waals surface area contributed by atoms with E-state index in [9.17, 15) is 0 Å². The Morgan fingerprint density at radius 1 is 1.32 bits per heavy atom. The van der Waals surface area contributed by atoms with Crippen molar-refractivity contribution in [3.05, 3.63) is 30.2 Å². The minimum Gasteiger partial charge on any atom is -0.496 e. The molecule has 2 unspecified atom stereocenters. The van der Waals surface area contributed by atoms with E-state index in [1.165, 1.54) is 0 Å². The molecule has 5 heteroatoms. The molecule has 0 bridgehead atoms. The van der Waals surface area contributed by atoms with Crippen LogP contribution in [-0.2, 0) is 0 Å². The lowest BCUT2D eigenvalue weighted by Crippen LogP contribution is -2.22. The van der Waals surface area contributed by atoms with Gasteiger partial charge in [0.25, 0.3) is 0 Å². The summed E-state index contributed by atoms with van der Waals surface area (Å²) in [5.74, 6) is 2.14. The van der Waals surface area contributed by atoms with Crippen LogP contribution in [-0.4, -0.2) is 23.3 Å². The molecule has 100 valence electrons. The Morgan fingerprint density at radius 3 is 2.89 bits per heavy atom. The van der Waals surface area contributed by atoms with Crippen LogP contribution in [0.3, 0.4) is 0 Å². The maximum atomic E-state index is 6.06. The Labute approximate surface area is 111 Å². The summed E-state index contributed by atoms with van der Waals surface area (Å²) in [6.45, 7) is 0. The van der Waals surface area contributed by atoms with Gasteiger partial charge in [0, 0.05) is 6.04 Å². The van der Waals surface area contributed by atoms with Crippen LogP contribution in [0.25, 0.3) is 11.4 Å².